The monoisotopic (exact) mass is 1030 g/mol. The van der Waals surface area contributed by atoms with Gasteiger partial charge < -0.3 is 47.4 Å². The number of carbonyl (C=O) groups excluding carboxylic acids is 2. The maximum absolute atomic E-state index is 13.6. The van der Waals surface area contributed by atoms with Gasteiger partial charge in [-0.05, 0) is 46.2 Å². The minimum absolute atomic E-state index is 0.170. The van der Waals surface area contributed by atoms with Gasteiger partial charge >= 0.3 is 11.9 Å². The van der Waals surface area contributed by atoms with Gasteiger partial charge in [-0.2, -0.15) is 0 Å². The first-order valence-electron chi connectivity index (χ1n) is 26.2. The molecule has 10 atom stereocenters. The average Bonchev–Trinajstić information content (AvgIpc) is 3.47. The molecule has 6 aromatic rings. The van der Waals surface area contributed by atoms with E-state index in [2.05, 4.69) is 13.2 Å². The van der Waals surface area contributed by atoms with Crippen LogP contribution in [0.1, 0.15) is 59.1 Å². The van der Waals surface area contributed by atoms with Gasteiger partial charge in [0.2, 0.25) is 0 Å². The molecule has 8 rings (SSSR count). The average molecular weight is 1030 g/mol. The molecule has 0 N–H and O–H groups in total. The van der Waals surface area contributed by atoms with E-state index >= 15 is 0 Å². The van der Waals surface area contributed by atoms with Crippen molar-refractivity contribution in [2.24, 2.45) is 0 Å². The maximum atomic E-state index is 13.6. The molecule has 76 heavy (non-hydrogen) atoms. The molecular formula is C64H70O12. The summed E-state index contributed by atoms with van der Waals surface area (Å²) >= 11 is 0. The van der Waals surface area contributed by atoms with E-state index in [1.807, 2.05) is 182 Å². The summed E-state index contributed by atoms with van der Waals surface area (Å²) in [6.45, 7) is 9.37. The lowest BCUT2D eigenvalue weighted by molar-refractivity contribution is -0.270. The first-order chi connectivity index (χ1) is 37.4. The summed E-state index contributed by atoms with van der Waals surface area (Å²) in [5.74, 6) is -1.22. The third-order valence-electron chi connectivity index (χ3n) is 13.3. The molecule has 2 aliphatic rings. The molecule has 0 saturated carbocycles. The van der Waals surface area contributed by atoms with Crippen molar-refractivity contribution < 1.29 is 57.0 Å². The van der Waals surface area contributed by atoms with E-state index in [0.29, 0.717) is 26.1 Å². The molecule has 0 aromatic heterocycles. The number of benzene rings is 6. The zero-order valence-electron chi connectivity index (χ0n) is 43.0. The molecule has 0 radical (unpaired) electrons. The Morgan fingerprint density at radius 3 is 0.803 bits per heavy atom. The second-order valence-electron chi connectivity index (χ2n) is 18.9. The minimum Gasteiger partial charge on any atom is -0.463 e. The quantitative estimate of drug-likeness (QED) is 0.0328. The number of rotatable bonds is 29. The molecule has 2 aliphatic heterocycles. The van der Waals surface area contributed by atoms with E-state index in [-0.39, 0.29) is 52.5 Å². The Kier molecular flexibility index (Phi) is 22.1. The van der Waals surface area contributed by atoms with Gasteiger partial charge in [0.15, 0.2) is 0 Å². The van der Waals surface area contributed by atoms with Gasteiger partial charge in [-0.15, -0.1) is 13.2 Å². The highest BCUT2D eigenvalue weighted by molar-refractivity contribution is 5.77. The van der Waals surface area contributed by atoms with Crippen LogP contribution in [0.25, 0.3) is 0 Å². The van der Waals surface area contributed by atoms with Crippen molar-refractivity contribution in [3.05, 3.63) is 241 Å². The Hall–Kier alpha value is -6.58. The van der Waals surface area contributed by atoms with Gasteiger partial charge in [0.05, 0.1) is 64.7 Å². The van der Waals surface area contributed by atoms with Crippen molar-refractivity contribution in [3.63, 3.8) is 0 Å². The van der Waals surface area contributed by atoms with Crippen molar-refractivity contribution in [3.8, 4) is 0 Å². The van der Waals surface area contributed by atoms with Crippen molar-refractivity contribution in [1.29, 1.82) is 0 Å². The number of ether oxygens (including phenoxy) is 10. The van der Waals surface area contributed by atoms with Gasteiger partial charge in [-0.3, -0.25) is 9.59 Å². The van der Waals surface area contributed by atoms with Crippen LogP contribution in [-0.2, 0) is 96.6 Å². The molecule has 398 valence electrons. The maximum Gasteiger partial charge on any atom is 0.306 e. The van der Waals surface area contributed by atoms with Crippen molar-refractivity contribution >= 4 is 11.9 Å². The smallest absolute Gasteiger partial charge is 0.306 e. The zero-order valence-corrected chi connectivity index (χ0v) is 43.0. The van der Waals surface area contributed by atoms with Crippen LogP contribution in [0, 0.1) is 0 Å². The van der Waals surface area contributed by atoms with Crippen molar-refractivity contribution in [2.45, 2.75) is 126 Å². The van der Waals surface area contributed by atoms with Gasteiger partial charge in [0, 0.05) is 0 Å². The van der Waals surface area contributed by atoms with E-state index < -0.39 is 73.0 Å². The van der Waals surface area contributed by atoms with Crippen LogP contribution in [0.2, 0.25) is 0 Å². The largest absolute Gasteiger partial charge is 0.463 e. The molecule has 12 heteroatoms. The van der Waals surface area contributed by atoms with E-state index in [4.69, 9.17) is 47.4 Å². The summed E-state index contributed by atoms with van der Waals surface area (Å²) in [5.41, 5.74) is 5.83. The lowest BCUT2D eigenvalue weighted by atomic mass is 9.92. The highest BCUT2D eigenvalue weighted by Gasteiger charge is 2.50. The van der Waals surface area contributed by atoms with Gasteiger partial charge in [0.1, 0.15) is 62.0 Å². The normalized spacial score (nSPS) is 23.3. The van der Waals surface area contributed by atoms with Crippen LogP contribution >= 0.6 is 0 Å². The fourth-order valence-corrected chi connectivity index (χ4v) is 9.44. The molecule has 2 fully saturated rings. The number of carbonyl (C=O) groups is 2. The minimum atomic E-state index is -0.765. The molecular weight excluding hydrogens is 961 g/mol. The fourth-order valence-electron chi connectivity index (χ4n) is 9.44. The standard InChI is InChI=1S/C64H70O12/c1-3-23-53-59(69-39-47-25-11-5-12-26-47)63(73-43-51-33-19-9-20-34-51)61(71-41-49-29-15-7-16-30-49)55(75-53)45-67-57(65)37-38-58(66)68-46-56-62(72-42-50-31-17-8-18-32-50)64(74-44-52-35-21-10-22-36-52)60(54(76-56)24-4-2)70-40-48-27-13-6-14-28-48/h3-22,25-36,53-56,59-64H,1-2,23-24,37-46H2/t53-,54-,55-,56-,59-,60-,61-,62-,63-,64-/m1/s1. The Morgan fingerprint density at radius 2 is 0.566 bits per heavy atom. The van der Waals surface area contributed by atoms with Crippen LogP contribution in [0.3, 0.4) is 0 Å². The molecule has 0 bridgehead atoms. The van der Waals surface area contributed by atoms with Crippen LogP contribution in [-0.4, -0.2) is 86.2 Å². The summed E-state index contributed by atoms with van der Waals surface area (Å²) in [6.07, 6.45) is -2.52. The first kappa shape index (κ1) is 55.6. The zero-order chi connectivity index (χ0) is 52.6. The summed E-state index contributed by atoms with van der Waals surface area (Å²) in [7, 11) is 0. The fraction of sp³-hybridized carbons (Fsp3) is 0.344. The highest BCUT2D eigenvalue weighted by atomic mass is 16.6. The molecule has 6 aromatic carbocycles. The van der Waals surface area contributed by atoms with E-state index in [1.165, 1.54) is 0 Å². The van der Waals surface area contributed by atoms with Crippen LogP contribution < -0.4 is 0 Å². The molecule has 2 heterocycles. The van der Waals surface area contributed by atoms with Gasteiger partial charge in [-0.25, -0.2) is 0 Å². The molecule has 0 aliphatic carbocycles. The van der Waals surface area contributed by atoms with E-state index in [9.17, 15) is 9.59 Å². The molecule has 0 unspecified atom stereocenters. The second kappa shape index (κ2) is 30.2. The molecule has 0 spiro atoms. The lowest BCUT2D eigenvalue weighted by Gasteiger charge is -2.46. The van der Waals surface area contributed by atoms with Gasteiger partial charge in [0.25, 0.3) is 0 Å². The lowest BCUT2D eigenvalue weighted by Crippen LogP contribution is -2.61. The Bertz CT molecular complexity index is 2420. The van der Waals surface area contributed by atoms with Gasteiger partial charge in [-0.1, -0.05) is 194 Å². The summed E-state index contributed by atoms with van der Waals surface area (Å²) < 4.78 is 65.7. The number of esters is 2. The number of hydrogen-bond donors (Lipinski definition) is 0. The summed E-state index contributed by atoms with van der Waals surface area (Å²) in [4.78, 5) is 27.3. The second-order valence-corrected chi connectivity index (χ2v) is 18.9. The third-order valence-corrected chi connectivity index (χ3v) is 13.3. The van der Waals surface area contributed by atoms with E-state index in [0.717, 1.165) is 33.4 Å². The molecule has 0 amide bonds. The SMILES string of the molecule is C=CC[C@H]1O[C@H](COC(=O)CCC(=O)OC[C@H]2O[C@H](CC=C)[C@@H](OCc3ccccc3)[C@@H](OCc3ccccc3)[C@@H]2OCc2ccccc2)[C@@H](OCc2ccccc2)[C@H](OCc2ccccc2)[C@@H]1OCc1ccccc1. The summed E-state index contributed by atoms with van der Waals surface area (Å²) in [6, 6.07) is 59.2. The predicted octanol–water partition coefficient (Wildman–Crippen LogP) is 11.1. The first-order valence-corrected chi connectivity index (χ1v) is 26.2. The topological polar surface area (TPSA) is 126 Å². The summed E-state index contributed by atoms with van der Waals surface area (Å²) in [5, 5.41) is 0. The Morgan fingerprint density at radius 1 is 0.342 bits per heavy atom. The molecule has 12 nitrogen and oxygen atoms in total. The van der Waals surface area contributed by atoms with E-state index in [1.54, 1.807) is 12.2 Å². The van der Waals surface area contributed by atoms with Crippen molar-refractivity contribution in [1.82, 2.24) is 0 Å². The molecule has 2 saturated heterocycles. The van der Waals surface area contributed by atoms with Crippen LogP contribution in [0.5, 0.6) is 0 Å². The third kappa shape index (κ3) is 17.0. The van der Waals surface area contributed by atoms with Crippen LogP contribution in [0.4, 0.5) is 0 Å². The highest BCUT2D eigenvalue weighted by Crippen LogP contribution is 2.34. The Balaban J connectivity index is 0.948. The van der Waals surface area contributed by atoms with Crippen LogP contribution in [0.15, 0.2) is 207 Å². The van der Waals surface area contributed by atoms with Crippen molar-refractivity contribution in [2.75, 3.05) is 13.2 Å². The Labute approximate surface area is 447 Å². The predicted molar refractivity (Wildman–Crippen MR) is 288 cm³/mol. The number of hydrogen-bond acceptors (Lipinski definition) is 12.